The van der Waals surface area contributed by atoms with Gasteiger partial charge in [-0.25, -0.2) is 0 Å². The third-order valence-corrected chi connectivity index (χ3v) is 4.75. The van der Waals surface area contributed by atoms with Crippen LogP contribution in [0.1, 0.15) is 35.2 Å². The Balaban J connectivity index is 1.55. The van der Waals surface area contributed by atoms with Gasteiger partial charge in [-0.3, -0.25) is 4.79 Å². The maximum atomic E-state index is 12.1. The molecule has 0 unspecified atom stereocenters. The van der Waals surface area contributed by atoms with E-state index in [4.69, 9.17) is 0 Å². The third-order valence-electron chi connectivity index (χ3n) is 4.22. The highest BCUT2D eigenvalue weighted by atomic mass is 79.9. The number of amides is 1. The summed E-state index contributed by atoms with van der Waals surface area (Å²) in [6.45, 7) is 2.86. The molecule has 0 aromatic heterocycles. The number of carbonyl (C=O) groups is 1. The van der Waals surface area contributed by atoms with Crippen molar-refractivity contribution in [1.82, 2.24) is 5.32 Å². The fourth-order valence-corrected chi connectivity index (χ4v) is 3.13. The molecular weight excluding hydrogens is 352 g/mol. The monoisotopic (exact) mass is 372 g/mol. The molecule has 0 saturated carbocycles. The lowest BCUT2D eigenvalue weighted by Crippen LogP contribution is -2.29. The van der Waals surface area contributed by atoms with Crippen LogP contribution in [-0.2, 0) is 6.54 Å². The van der Waals surface area contributed by atoms with E-state index in [1.54, 1.807) is 0 Å². The van der Waals surface area contributed by atoms with Gasteiger partial charge in [0.1, 0.15) is 0 Å². The lowest BCUT2D eigenvalue weighted by molar-refractivity contribution is 0.0951. The molecule has 0 atom stereocenters. The molecule has 4 heteroatoms. The quantitative estimate of drug-likeness (QED) is 0.863. The number of halogens is 1. The van der Waals surface area contributed by atoms with Gasteiger partial charge in [-0.1, -0.05) is 28.1 Å². The van der Waals surface area contributed by atoms with Crippen molar-refractivity contribution in [3.05, 3.63) is 64.1 Å². The molecule has 0 aliphatic carbocycles. The Labute approximate surface area is 145 Å². The maximum absolute atomic E-state index is 12.1. The van der Waals surface area contributed by atoms with Crippen molar-refractivity contribution in [3.8, 4) is 0 Å². The molecule has 1 N–H and O–H groups in total. The SMILES string of the molecule is O=C(NCc1ccc(N2CCCCC2)cc1)c1ccc(Br)cc1. The molecule has 0 radical (unpaired) electrons. The van der Waals surface area contributed by atoms with Crippen LogP contribution in [0.5, 0.6) is 0 Å². The van der Waals surface area contributed by atoms with E-state index >= 15 is 0 Å². The molecule has 2 aromatic rings. The largest absolute Gasteiger partial charge is 0.372 e. The van der Waals surface area contributed by atoms with E-state index < -0.39 is 0 Å². The number of rotatable bonds is 4. The van der Waals surface area contributed by atoms with Gasteiger partial charge in [-0.2, -0.15) is 0 Å². The van der Waals surface area contributed by atoms with Crippen molar-refractivity contribution in [2.24, 2.45) is 0 Å². The van der Waals surface area contributed by atoms with Gasteiger partial charge in [0.05, 0.1) is 0 Å². The Morgan fingerprint density at radius 3 is 2.26 bits per heavy atom. The highest BCUT2D eigenvalue weighted by Crippen LogP contribution is 2.20. The number of nitrogens with zero attached hydrogens (tertiary/aromatic N) is 1. The first-order valence-electron chi connectivity index (χ1n) is 8.10. The molecule has 1 fully saturated rings. The zero-order valence-corrected chi connectivity index (χ0v) is 14.7. The Morgan fingerprint density at radius 1 is 0.957 bits per heavy atom. The summed E-state index contributed by atoms with van der Waals surface area (Å²) >= 11 is 3.37. The van der Waals surface area contributed by atoms with E-state index in [0.717, 1.165) is 23.1 Å². The molecule has 0 bridgehead atoms. The summed E-state index contributed by atoms with van der Waals surface area (Å²) in [5, 5.41) is 2.97. The van der Waals surface area contributed by atoms with Gasteiger partial charge in [0.15, 0.2) is 0 Å². The first kappa shape index (κ1) is 16.1. The number of nitrogens with one attached hydrogen (secondary N) is 1. The minimum atomic E-state index is -0.0439. The average Bonchev–Trinajstić information content (AvgIpc) is 2.61. The predicted octanol–water partition coefficient (Wildman–Crippen LogP) is 4.37. The molecular formula is C19H21BrN2O. The van der Waals surface area contributed by atoms with Crippen LogP contribution in [0.4, 0.5) is 5.69 Å². The molecule has 1 amide bonds. The van der Waals surface area contributed by atoms with E-state index in [-0.39, 0.29) is 5.91 Å². The second-order valence-corrected chi connectivity index (χ2v) is 6.82. The number of anilines is 1. The molecule has 1 saturated heterocycles. The third kappa shape index (κ3) is 4.35. The lowest BCUT2D eigenvalue weighted by Gasteiger charge is -2.28. The van der Waals surface area contributed by atoms with Crippen molar-refractivity contribution < 1.29 is 4.79 Å². The van der Waals surface area contributed by atoms with Crippen molar-refractivity contribution in [1.29, 1.82) is 0 Å². The molecule has 1 aliphatic heterocycles. The summed E-state index contributed by atoms with van der Waals surface area (Å²) in [6.07, 6.45) is 3.91. The lowest BCUT2D eigenvalue weighted by atomic mass is 10.1. The molecule has 0 spiro atoms. The topological polar surface area (TPSA) is 32.3 Å². The number of benzene rings is 2. The van der Waals surface area contributed by atoms with Crippen LogP contribution in [-0.4, -0.2) is 19.0 Å². The van der Waals surface area contributed by atoms with E-state index in [1.807, 2.05) is 24.3 Å². The summed E-state index contributed by atoms with van der Waals surface area (Å²) in [4.78, 5) is 14.5. The number of hydrogen-bond donors (Lipinski definition) is 1. The van der Waals surface area contributed by atoms with Crippen LogP contribution < -0.4 is 10.2 Å². The zero-order valence-electron chi connectivity index (χ0n) is 13.1. The molecule has 120 valence electrons. The van der Waals surface area contributed by atoms with Gasteiger partial charge >= 0.3 is 0 Å². The van der Waals surface area contributed by atoms with E-state index in [0.29, 0.717) is 12.1 Å². The fraction of sp³-hybridized carbons (Fsp3) is 0.316. The normalized spacial score (nSPS) is 14.6. The van der Waals surface area contributed by atoms with Gasteiger partial charge < -0.3 is 10.2 Å². The smallest absolute Gasteiger partial charge is 0.251 e. The Bertz CT molecular complexity index is 646. The molecule has 23 heavy (non-hydrogen) atoms. The van der Waals surface area contributed by atoms with Crippen LogP contribution in [0.15, 0.2) is 53.0 Å². The van der Waals surface area contributed by atoms with Crippen molar-refractivity contribution in [2.45, 2.75) is 25.8 Å². The summed E-state index contributed by atoms with van der Waals surface area (Å²) in [7, 11) is 0. The number of piperidine rings is 1. The highest BCUT2D eigenvalue weighted by molar-refractivity contribution is 9.10. The highest BCUT2D eigenvalue weighted by Gasteiger charge is 2.10. The van der Waals surface area contributed by atoms with Crippen LogP contribution in [0.2, 0.25) is 0 Å². The minimum Gasteiger partial charge on any atom is -0.372 e. The van der Waals surface area contributed by atoms with Gasteiger partial charge in [-0.15, -0.1) is 0 Å². The Morgan fingerprint density at radius 2 is 1.61 bits per heavy atom. The van der Waals surface area contributed by atoms with Crippen LogP contribution in [0.25, 0.3) is 0 Å². The van der Waals surface area contributed by atoms with E-state index in [9.17, 15) is 4.79 Å². The van der Waals surface area contributed by atoms with Crippen LogP contribution in [0.3, 0.4) is 0 Å². The van der Waals surface area contributed by atoms with Gasteiger partial charge in [0.2, 0.25) is 0 Å². The number of carbonyl (C=O) groups excluding carboxylic acids is 1. The second-order valence-electron chi connectivity index (χ2n) is 5.90. The first-order chi connectivity index (χ1) is 11.2. The van der Waals surface area contributed by atoms with Crippen LogP contribution in [0, 0.1) is 0 Å². The maximum Gasteiger partial charge on any atom is 0.251 e. The van der Waals surface area contributed by atoms with Crippen LogP contribution >= 0.6 is 15.9 Å². The van der Waals surface area contributed by atoms with Crippen molar-refractivity contribution in [3.63, 3.8) is 0 Å². The molecule has 3 rings (SSSR count). The molecule has 1 aliphatic rings. The molecule has 2 aromatic carbocycles. The molecule has 1 heterocycles. The fourth-order valence-electron chi connectivity index (χ4n) is 2.86. The number of hydrogen-bond acceptors (Lipinski definition) is 2. The van der Waals surface area contributed by atoms with Gasteiger partial charge in [0.25, 0.3) is 5.91 Å². The summed E-state index contributed by atoms with van der Waals surface area (Å²) in [5.74, 6) is -0.0439. The van der Waals surface area contributed by atoms with Gasteiger partial charge in [0, 0.05) is 35.4 Å². The van der Waals surface area contributed by atoms with Crippen molar-refractivity contribution in [2.75, 3.05) is 18.0 Å². The summed E-state index contributed by atoms with van der Waals surface area (Å²) in [6, 6.07) is 15.9. The second kappa shape index (κ2) is 7.64. The predicted molar refractivity (Wildman–Crippen MR) is 97.8 cm³/mol. The van der Waals surface area contributed by atoms with E-state index in [2.05, 4.69) is 50.4 Å². The summed E-state index contributed by atoms with van der Waals surface area (Å²) < 4.78 is 0.974. The minimum absolute atomic E-state index is 0.0439. The van der Waals surface area contributed by atoms with E-state index in [1.165, 1.54) is 24.9 Å². The van der Waals surface area contributed by atoms with Gasteiger partial charge in [-0.05, 0) is 61.2 Å². The average molecular weight is 373 g/mol. The van der Waals surface area contributed by atoms with Crippen molar-refractivity contribution >= 4 is 27.5 Å². The Hall–Kier alpha value is -1.81. The Kier molecular flexibility index (Phi) is 5.34. The standard InChI is InChI=1S/C19H21BrN2O/c20-17-8-6-16(7-9-17)19(23)21-14-15-4-10-18(11-5-15)22-12-2-1-3-13-22/h4-11H,1-3,12-14H2,(H,21,23). The first-order valence-corrected chi connectivity index (χ1v) is 8.89. The zero-order chi connectivity index (χ0) is 16.1. The molecule has 3 nitrogen and oxygen atoms in total. The summed E-state index contributed by atoms with van der Waals surface area (Å²) in [5.41, 5.74) is 3.09.